The minimum absolute atomic E-state index is 0.145. The molecule has 0 saturated heterocycles. The first kappa shape index (κ1) is 17.5. The average molecular weight is 312 g/mol. The van der Waals surface area contributed by atoms with Gasteiger partial charge in [0.05, 0.1) is 16.2 Å². The van der Waals surface area contributed by atoms with Crippen LogP contribution in [0.3, 0.4) is 0 Å². The van der Waals surface area contributed by atoms with Crippen LogP contribution < -0.4 is 10.6 Å². The second-order valence-electron chi connectivity index (χ2n) is 5.50. The Kier molecular flexibility index (Phi) is 5.75. The lowest BCUT2D eigenvalue weighted by molar-refractivity contribution is -0.121. The predicted octanol–water partition coefficient (Wildman–Crippen LogP) is 2.37. The number of amides is 2. The van der Waals surface area contributed by atoms with Crippen molar-refractivity contribution >= 4 is 29.1 Å². The van der Waals surface area contributed by atoms with E-state index in [1.807, 2.05) is 6.92 Å². The van der Waals surface area contributed by atoms with Gasteiger partial charge in [-0.3, -0.25) is 9.59 Å². The van der Waals surface area contributed by atoms with Gasteiger partial charge in [0.2, 0.25) is 5.91 Å². The zero-order chi connectivity index (χ0) is 16.2. The average Bonchev–Trinajstić information content (AvgIpc) is 2.40. The first-order valence-corrected chi connectivity index (χ1v) is 7.14. The Bertz CT molecular complexity index is 542. The molecule has 0 spiro atoms. The summed E-state index contributed by atoms with van der Waals surface area (Å²) >= 11 is 6.09. The second kappa shape index (κ2) is 6.91. The molecule has 0 saturated carbocycles. The van der Waals surface area contributed by atoms with Gasteiger partial charge in [-0.05, 0) is 38.6 Å². The number of hydrogen-bond acceptors (Lipinski definition) is 3. The van der Waals surface area contributed by atoms with Crippen molar-refractivity contribution in [3.63, 3.8) is 0 Å². The third-order valence-electron chi connectivity index (χ3n) is 3.05. The molecule has 21 heavy (non-hydrogen) atoms. The summed E-state index contributed by atoms with van der Waals surface area (Å²) < 4.78 is 0. The van der Waals surface area contributed by atoms with Gasteiger partial charge in [-0.2, -0.15) is 0 Å². The largest absolute Gasteiger partial charge is 0.345 e. The van der Waals surface area contributed by atoms with Gasteiger partial charge in [-0.25, -0.2) is 0 Å². The van der Waals surface area contributed by atoms with E-state index in [0.29, 0.717) is 22.8 Å². The molecule has 2 N–H and O–H groups in total. The molecule has 0 aliphatic carbocycles. The Labute approximate surface area is 130 Å². The summed E-state index contributed by atoms with van der Waals surface area (Å²) in [5.74, 6) is -0.353. The maximum Gasteiger partial charge on any atom is 0.253 e. The lowest BCUT2D eigenvalue weighted by atomic mass is 10.0. The van der Waals surface area contributed by atoms with Crippen LogP contribution in [0.25, 0.3) is 0 Å². The van der Waals surface area contributed by atoms with E-state index < -0.39 is 5.54 Å². The third kappa shape index (κ3) is 4.44. The van der Waals surface area contributed by atoms with Crippen molar-refractivity contribution in [3.05, 3.63) is 28.8 Å². The molecule has 2 amide bonds. The first-order valence-electron chi connectivity index (χ1n) is 6.76. The summed E-state index contributed by atoms with van der Waals surface area (Å²) in [5.41, 5.74) is 0.181. The maximum atomic E-state index is 12.3. The van der Waals surface area contributed by atoms with Gasteiger partial charge in [0, 0.05) is 19.7 Å². The molecule has 0 aliphatic rings. The van der Waals surface area contributed by atoms with Gasteiger partial charge in [-0.15, -0.1) is 0 Å². The second-order valence-corrected chi connectivity index (χ2v) is 5.91. The number of carbonyl (C=O) groups is 2. The van der Waals surface area contributed by atoms with Gasteiger partial charge < -0.3 is 15.5 Å². The molecule has 0 heterocycles. The molecular weight excluding hydrogens is 290 g/mol. The molecule has 1 rings (SSSR count). The van der Waals surface area contributed by atoms with E-state index in [4.69, 9.17) is 11.6 Å². The molecular formula is C15H22ClN3O2. The van der Waals surface area contributed by atoms with Crippen LogP contribution >= 0.6 is 11.6 Å². The normalized spacial score (nSPS) is 11.1. The quantitative estimate of drug-likeness (QED) is 0.877. The number of rotatable bonds is 5. The summed E-state index contributed by atoms with van der Waals surface area (Å²) in [6.07, 6.45) is 0. The van der Waals surface area contributed by atoms with Crippen LogP contribution in [0.1, 0.15) is 31.1 Å². The van der Waals surface area contributed by atoms with Crippen molar-refractivity contribution in [2.75, 3.05) is 26.0 Å². The molecule has 1 aromatic carbocycles. The van der Waals surface area contributed by atoms with Crippen molar-refractivity contribution in [1.29, 1.82) is 0 Å². The number of nitrogens with zero attached hydrogens (tertiary/aromatic N) is 1. The lowest BCUT2D eigenvalue weighted by Crippen LogP contribution is -2.49. The zero-order valence-electron chi connectivity index (χ0n) is 13.1. The Hall–Kier alpha value is -1.59. The summed E-state index contributed by atoms with van der Waals surface area (Å²) in [5, 5.41) is 6.25. The van der Waals surface area contributed by atoms with E-state index in [1.54, 1.807) is 46.1 Å². The van der Waals surface area contributed by atoms with Crippen LogP contribution in [0, 0.1) is 0 Å². The molecule has 0 aliphatic heterocycles. The number of hydrogen-bond donors (Lipinski definition) is 2. The smallest absolute Gasteiger partial charge is 0.253 e. The fourth-order valence-corrected chi connectivity index (χ4v) is 1.98. The summed E-state index contributed by atoms with van der Waals surface area (Å²) in [6.45, 7) is 6.18. The highest BCUT2D eigenvalue weighted by Crippen LogP contribution is 2.24. The zero-order valence-corrected chi connectivity index (χ0v) is 13.8. The van der Waals surface area contributed by atoms with Crippen LogP contribution in [-0.4, -0.2) is 42.9 Å². The highest BCUT2D eigenvalue weighted by Gasteiger charge is 2.26. The molecule has 116 valence electrons. The summed E-state index contributed by atoms with van der Waals surface area (Å²) in [4.78, 5) is 25.7. The van der Waals surface area contributed by atoms with Crippen molar-refractivity contribution in [1.82, 2.24) is 10.2 Å². The maximum absolute atomic E-state index is 12.3. The van der Waals surface area contributed by atoms with E-state index in [-0.39, 0.29) is 11.8 Å². The third-order valence-corrected chi connectivity index (χ3v) is 3.38. The predicted molar refractivity (Wildman–Crippen MR) is 85.9 cm³/mol. The van der Waals surface area contributed by atoms with Crippen LogP contribution in [-0.2, 0) is 4.79 Å². The molecule has 0 radical (unpaired) electrons. The van der Waals surface area contributed by atoms with E-state index in [2.05, 4.69) is 10.6 Å². The lowest BCUT2D eigenvalue weighted by Gasteiger charge is -2.25. The van der Waals surface area contributed by atoms with Gasteiger partial charge in [0.25, 0.3) is 5.91 Å². The highest BCUT2D eigenvalue weighted by atomic mass is 35.5. The Morgan fingerprint density at radius 2 is 1.90 bits per heavy atom. The van der Waals surface area contributed by atoms with E-state index in [0.717, 1.165) is 0 Å². The fraction of sp³-hybridized carbons (Fsp3) is 0.467. The topological polar surface area (TPSA) is 61.4 Å². The standard InChI is InChI=1S/C15H22ClN3O2/c1-6-17-15(2,3)14(21)18-12-9-10(7-8-11(12)16)13(20)19(4)5/h7-9,17H,6H2,1-5H3,(H,18,21). The van der Waals surface area contributed by atoms with Gasteiger partial charge >= 0.3 is 0 Å². The minimum Gasteiger partial charge on any atom is -0.345 e. The number of anilines is 1. The number of nitrogens with one attached hydrogen (secondary N) is 2. The number of benzene rings is 1. The summed E-state index contributed by atoms with van der Waals surface area (Å²) in [7, 11) is 3.34. The molecule has 5 nitrogen and oxygen atoms in total. The van der Waals surface area contributed by atoms with E-state index in [1.165, 1.54) is 4.90 Å². The number of halogens is 1. The molecule has 0 unspecified atom stereocenters. The Morgan fingerprint density at radius 3 is 2.43 bits per heavy atom. The van der Waals surface area contributed by atoms with E-state index in [9.17, 15) is 9.59 Å². The van der Waals surface area contributed by atoms with Crippen molar-refractivity contribution < 1.29 is 9.59 Å². The van der Waals surface area contributed by atoms with Crippen molar-refractivity contribution in [2.45, 2.75) is 26.3 Å². The number of likely N-dealkylation sites (N-methyl/N-ethyl adjacent to an activating group) is 1. The summed E-state index contributed by atoms with van der Waals surface area (Å²) in [6, 6.07) is 4.83. The van der Waals surface area contributed by atoms with Crippen LogP contribution in [0.5, 0.6) is 0 Å². The molecule has 0 aromatic heterocycles. The number of carbonyl (C=O) groups excluding carboxylic acids is 2. The van der Waals surface area contributed by atoms with Crippen LogP contribution in [0.4, 0.5) is 5.69 Å². The minimum atomic E-state index is -0.723. The molecule has 1 aromatic rings. The van der Waals surface area contributed by atoms with Gasteiger partial charge in [-0.1, -0.05) is 18.5 Å². The Morgan fingerprint density at radius 1 is 1.29 bits per heavy atom. The van der Waals surface area contributed by atoms with Crippen LogP contribution in [0.2, 0.25) is 5.02 Å². The highest BCUT2D eigenvalue weighted by molar-refractivity contribution is 6.34. The monoisotopic (exact) mass is 311 g/mol. The molecule has 0 fully saturated rings. The Balaban J connectivity index is 3.01. The molecule has 0 bridgehead atoms. The first-order chi connectivity index (χ1) is 9.69. The van der Waals surface area contributed by atoms with Crippen LogP contribution in [0.15, 0.2) is 18.2 Å². The van der Waals surface area contributed by atoms with E-state index >= 15 is 0 Å². The molecule has 6 heteroatoms. The SMILES string of the molecule is CCNC(C)(C)C(=O)Nc1cc(C(=O)N(C)C)ccc1Cl. The molecule has 0 atom stereocenters. The van der Waals surface area contributed by atoms with Gasteiger partial charge in [0.15, 0.2) is 0 Å². The van der Waals surface area contributed by atoms with Crippen molar-refractivity contribution in [2.24, 2.45) is 0 Å². The fourth-order valence-electron chi connectivity index (χ4n) is 1.81. The van der Waals surface area contributed by atoms with Gasteiger partial charge in [0.1, 0.15) is 0 Å². The van der Waals surface area contributed by atoms with Crippen molar-refractivity contribution in [3.8, 4) is 0 Å².